The summed E-state index contributed by atoms with van der Waals surface area (Å²) in [6.07, 6.45) is 0. The normalized spacial score (nSPS) is 11.0. The Hall–Kier alpha value is -3.02. The van der Waals surface area contributed by atoms with E-state index in [9.17, 15) is 14.4 Å². The largest absolute Gasteiger partial charge is 0.453 e. The van der Waals surface area contributed by atoms with Crippen LogP contribution in [0.5, 0.6) is 0 Å². The number of benzene rings is 2. The van der Waals surface area contributed by atoms with Gasteiger partial charge in [-0.3, -0.25) is 14.4 Å². The van der Waals surface area contributed by atoms with Gasteiger partial charge in [0.15, 0.2) is 22.9 Å². The summed E-state index contributed by atoms with van der Waals surface area (Å²) in [6, 6.07) is 6.13. The summed E-state index contributed by atoms with van der Waals surface area (Å²) in [6.45, 7) is 2.72. The van der Waals surface area contributed by atoms with Gasteiger partial charge in [0.1, 0.15) is 11.2 Å². The summed E-state index contributed by atoms with van der Waals surface area (Å²) in [5.74, 6) is -0.398. The highest BCUT2D eigenvalue weighted by atomic mass is 16.3. The van der Waals surface area contributed by atoms with Crippen LogP contribution in [-0.2, 0) is 0 Å². The van der Waals surface area contributed by atoms with E-state index in [1.54, 1.807) is 18.2 Å². The molecule has 110 valence electrons. The molecule has 0 aromatic heterocycles. The first kappa shape index (κ1) is 13.9. The minimum Gasteiger partial charge on any atom is -0.453 e. The Labute approximate surface area is 124 Å². The summed E-state index contributed by atoms with van der Waals surface area (Å²) in [4.78, 5) is 39.7. The summed E-state index contributed by atoms with van der Waals surface area (Å²) in [5, 5.41) is 0. The Balaban J connectivity index is 2.55. The fourth-order valence-corrected chi connectivity index (χ4v) is 2.42. The van der Waals surface area contributed by atoms with E-state index < -0.39 is 5.43 Å². The number of hydrogen-bond acceptors (Lipinski definition) is 6. The molecule has 1 aliphatic heterocycles. The van der Waals surface area contributed by atoms with Crippen molar-refractivity contribution >= 4 is 28.4 Å². The van der Waals surface area contributed by atoms with Gasteiger partial charge < -0.3 is 10.2 Å². The molecule has 0 saturated carbocycles. The number of carbonyl (C=O) groups excluding carboxylic acids is 2. The maximum Gasteiger partial charge on any atom is 0.206 e. The van der Waals surface area contributed by atoms with Gasteiger partial charge in [-0.1, -0.05) is 6.07 Å². The lowest BCUT2D eigenvalue weighted by atomic mass is 10.0. The van der Waals surface area contributed by atoms with Gasteiger partial charge in [-0.05, 0) is 26.0 Å². The number of aromatic nitrogens is 1. The van der Waals surface area contributed by atoms with Crippen molar-refractivity contribution in [3.8, 4) is 11.5 Å². The van der Waals surface area contributed by atoms with Gasteiger partial charge in [-0.2, -0.15) is 0 Å². The number of para-hydroxylation sites is 1. The average Bonchev–Trinajstić information content (AvgIpc) is 2.45. The molecule has 1 aromatic carbocycles. The number of anilines is 1. The molecular weight excluding hydrogens is 284 g/mol. The third-order valence-corrected chi connectivity index (χ3v) is 3.44. The molecule has 6 nitrogen and oxygen atoms in total. The Kier molecular flexibility index (Phi) is 3.02. The SMILES string of the molecule is CC(=O)c1c2nc3c(C(C)=O)cccc3oc-2cc(=O)c1N. The third-order valence-electron chi connectivity index (χ3n) is 3.44. The Morgan fingerprint density at radius 1 is 1.18 bits per heavy atom. The van der Waals surface area contributed by atoms with Crippen LogP contribution in [-0.4, -0.2) is 16.6 Å². The Morgan fingerprint density at radius 3 is 2.55 bits per heavy atom. The zero-order valence-electron chi connectivity index (χ0n) is 12.0. The molecule has 1 aliphatic carbocycles. The van der Waals surface area contributed by atoms with Gasteiger partial charge in [-0.15, -0.1) is 0 Å². The number of hydrogen-bond donors (Lipinski definition) is 1. The number of fused-ring (bicyclic) bond motifs is 2. The molecule has 6 heteroatoms. The van der Waals surface area contributed by atoms with Crippen LogP contribution in [0.2, 0.25) is 0 Å². The van der Waals surface area contributed by atoms with Gasteiger partial charge >= 0.3 is 0 Å². The molecule has 0 amide bonds. The van der Waals surface area contributed by atoms with E-state index in [0.717, 1.165) is 0 Å². The number of nitrogen functional groups attached to an aromatic ring is 1. The molecule has 0 fully saturated rings. The standard InChI is InChI=1S/C16H12N2O4/c1-7(19)9-4-3-5-11-15(9)18-16-12(22-11)6-10(21)14(17)13(16)8(2)20/h3-6H,17H2,1-2H3. The smallest absolute Gasteiger partial charge is 0.206 e. The predicted molar refractivity (Wildman–Crippen MR) is 81.3 cm³/mol. The van der Waals surface area contributed by atoms with Gasteiger partial charge in [-0.25, -0.2) is 4.98 Å². The quantitative estimate of drug-likeness (QED) is 0.442. The molecule has 1 heterocycles. The van der Waals surface area contributed by atoms with Crippen molar-refractivity contribution in [2.45, 2.75) is 13.8 Å². The van der Waals surface area contributed by atoms with Crippen molar-refractivity contribution in [2.75, 3.05) is 5.73 Å². The highest BCUT2D eigenvalue weighted by molar-refractivity contribution is 6.07. The number of nitrogens with zero attached hydrogens (tertiary/aromatic N) is 1. The van der Waals surface area contributed by atoms with Crippen LogP contribution < -0.4 is 11.2 Å². The average molecular weight is 296 g/mol. The minimum absolute atomic E-state index is 0.0199. The van der Waals surface area contributed by atoms with E-state index in [-0.39, 0.29) is 34.3 Å². The lowest BCUT2D eigenvalue weighted by Crippen LogP contribution is -2.16. The van der Waals surface area contributed by atoms with E-state index in [0.29, 0.717) is 16.7 Å². The van der Waals surface area contributed by atoms with Crippen LogP contribution in [0.1, 0.15) is 34.6 Å². The van der Waals surface area contributed by atoms with E-state index in [2.05, 4.69) is 4.98 Å². The van der Waals surface area contributed by atoms with E-state index in [1.807, 2.05) is 0 Å². The predicted octanol–water partition coefficient (Wildman–Crippen LogP) is 2.28. The maximum atomic E-state index is 11.9. The summed E-state index contributed by atoms with van der Waals surface area (Å²) < 4.78 is 5.64. The number of Topliss-reactive ketones (excluding diaryl/α,β-unsaturated/α-hetero) is 2. The van der Waals surface area contributed by atoms with Gasteiger partial charge in [0.05, 0.1) is 11.3 Å². The fraction of sp³-hybridized carbons (Fsp3) is 0.125. The number of carbonyl (C=O) groups is 2. The summed E-state index contributed by atoms with van der Waals surface area (Å²) in [7, 11) is 0. The first-order valence-corrected chi connectivity index (χ1v) is 6.58. The zero-order chi connectivity index (χ0) is 16.0. The number of rotatable bonds is 2. The van der Waals surface area contributed by atoms with Gasteiger partial charge in [0.2, 0.25) is 5.43 Å². The molecule has 0 bridgehead atoms. The van der Waals surface area contributed by atoms with Crippen molar-refractivity contribution in [2.24, 2.45) is 0 Å². The molecule has 1 aromatic rings. The highest BCUT2D eigenvalue weighted by Crippen LogP contribution is 2.30. The third kappa shape index (κ3) is 1.96. The lowest BCUT2D eigenvalue weighted by molar-refractivity contribution is 0.101. The number of ketones is 2. The molecule has 0 atom stereocenters. The highest BCUT2D eigenvalue weighted by Gasteiger charge is 2.23. The van der Waals surface area contributed by atoms with E-state index in [1.165, 1.54) is 19.9 Å². The van der Waals surface area contributed by atoms with Crippen molar-refractivity contribution in [3.63, 3.8) is 0 Å². The summed E-state index contributed by atoms with van der Waals surface area (Å²) in [5.41, 5.74) is 6.33. The first-order valence-electron chi connectivity index (χ1n) is 6.58. The summed E-state index contributed by atoms with van der Waals surface area (Å²) >= 11 is 0. The topological polar surface area (TPSA) is 103 Å². The molecular formula is C16H12N2O4. The van der Waals surface area contributed by atoms with Crippen molar-refractivity contribution in [3.05, 3.63) is 45.6 Å². The minimum atomic E-state index is -0.495. The van der Waals surface area contributed by atoms with Crippen LogP contribution >= 0.6 is 0 Å². The molecule has 22 heavy (non-hydrogen) atoms. The molecule has 3 rings (SSSR count). The second-order valence-corrected chi connectivity index (χ2v) is 4.99. The molecule has 0 unspecified atom stereocenters. The van der Waals surface area contributed by atoms with Crippen LogP contribution in [0.4, 0.5) is 5.69 Å². The van der Waals surface area contributed by atoms with Gasteiger partial charge in [0.25, 0.3) is 0 Å². The lowest BCUT2D eigenvalue weighted by Gasteiger charge is -2.12. The van der Waals surface area contributed by atoms with E-state index in [4.69, 9.17) is 10.2 Å². The zero-order valence-corrected chi connectivity index (χ0v) is 12.0. The van der Waals surface area contributed by atoms with E-state index >= 15 is 0 Å². The van der Waals surface area contributed by atoms with Crippen molar-refractivity contribution < 1.29 is 14.0 Å². The first-order chi connectivity index (χ1) is 10.4. The molecule has 2 N–H and O–H groups in total. The second kappa shape index (κ2) is 4.77. The van der Waals surface area contributed by atoms with Crippen LogP contribution in [0.15, 0.2) is 33.5 Å². The van der Waals surface area contributed by atoms with Gasteiger partial charge in [0, 0.05) is 11.6 Å². The van der Waals surface area contributed by atoms with Crippen molar-refractivity contribution in [1.29, 1.82) is 0 Å². The van der Waals surface area contributed by atoms with Crippen LogP contribution in [0.25, 0.3) is 22.6 Å². The molecule has 0 saturated heterocycles. The van der Waals surface area contributed by atoms with Crippen molar-refractivity contribution in [1.82, 2.24) is 4.98 Å². The maximum absolute atomic E-state index is 11.9. The number of nitrogens with two attached hydrogens (primary N) is 1. The Bertz CT molecular complexity index is 972. The Morgan fingerprint density at radius 2 is 1.91 bits per heavy atom. The van der Waals surface area contributed by atoms with Crippen LogP contribution in [0, 0.1) is 0 Å². The van der Waals surface area contributed by atoms with Crippen LogP contribution in [0.3, 0.4) is 0 Å². The fourth-order valence-electron chi connectivity index (χ4n) is 2.42. The monoisotopic (exact) mass is 296 g/mol. The second-order valence-electron chi connectivity index (χ2n) is 4.99. The molecule has 0 spiro atoms. The molecule has 0 radical (unpaired) electrons. The molecule has 2 aliphatic rings.